The lowest BCUT2D eigenvalue weighted by molar-refractivity contribution is -0.0604. The van der Waals surface area contributed by atoms with Gasteiger partial charge >= 0.3 is 0 Å². The van der Waals surface area contributed by atoms with Gasteiger partial charge in [0.05, 0.1) is 18.2 Å². The van der Waals surface area contributed by atoms with E-state index in [0.717, 1.165) is 0 Å². The Morgan fingerprint density at radius 3 is 2.71 bits per heavy atom. The first kappa shape index (κ1) is 11.5. The summed E-state index contributed by atoms with van der Waals surface area (Å²) in [5.74, 6) is 0. The van der Waals surface area contributed by atoms with Crippen molar-refractivity contribution in [2.75, 3.05) is 0 Å². The molecular weight excluding hydrogens is 198 g/mol. The molecule has 0 aromatic heterocycles. The lowest BCUT2D eigenvalue weighted by Crippen LogP contribution is -2.41. The van der Waals surface area contributed by atoms with Gasteiger partial charge in [0.2, 0.25) is 0 Å². The van der Waals surface area contributed by atoms with Crippen LogP contribution in [0.2, 0.25) is 0 Å². The van der Waals surface area contributed by atoms with Crippen molar-refractivity contribution in [1.82, 2.24) is 0 Å². The number of hydrogen-bond acceptors (Lipinski definition) is 2. The van der Waals surface area contributed by atoms with Gasteiger partial charge in [-0.1, -0.05) is 24.3 Å². The maximum atomic E-state index is 6.10. The maximum Gasteiger partial charge on any atom is 0.0822 e. The minimum absolute atomic E-state index is 0. The summed E-state index contributed by atoms with van der Waals surface area (Å²) in [6.45, 7) is 4.75. The van der Waals surface area contributed by atoms with Crippen molar-refractivity contribution in [2.45, 2.75) is 32.1 Å². The summed E-state index contributed by atoms with van der Waals surface area (Å²) in [5.41, 5.74) is 8.30. The van der Waals surface area contributed by atoms with Crippen LogP contribution in [0, 0.1) is 0 Å². The molecule has 1 aromatic carbocycles. The summed E-state index contributed by atoms with van der Waals surface area (Å²) < 4.78 is 5.68. The first-order valence-corrected chi connectivity index (χ1v) is 4.58. The largest absolute Gasteiger partial charge is 0.369 e. The number of halogens is 1. The number of ether oxygens (including phenoxy) is 1. The fourth-order valence-corrected chi connectivity index (χ4v) is 1.70. The molecule has 1 aliphatic heterocycles. The van der Waals surface area contributed by atoms with E-state index in [9.17, 15) is 0 Å². The van der Waals surface area contributed by atoms with E-state index in [1.807, 2.05) is 26.0 Å². The van der Waals surface area contributed by atoms with Gasteiger partial charge < -0.3 is 10.5 Å². The molecule has 0 saturated heterocycles. The van der Waals surface area contributed by atoms with Crippen LogP contribution in [-0.2, 0) is 11.3 Å². The Kier molecular flexibility index (Phi) is 3.20. The molecule has 3 heteroatoms. The van der Waals surface area contributed by atoms with Gasteiger partial charge in [-0.05, 0) is 25.0 Å². The van der Waals surface area contributed by atoms with Crippen LogP contribution in [0.15, 0.2) is 24.3 Å². The molecule has 1 aromatic rings. The molecule has 1 heterocycles. The van der Waals surface area contributed by atoms with E-state index in [0.29, 0.717) is 6.61 Å². The number of nitrogens with two attached hydrogens (primary N) is 1. The van der Waals surface area contributed by atoms with Crippen molar-refractivity contribution in [3.8, 4) is 0 Å². The first-order chi connectivity index (χ1) is 6.11. The van der Waals surface area contributed by atoms with Crippen LogP contribution in [0.25, 0.3) is 0 Å². The van der Waals surface area contributed by atoms with Crippen molar-refractivity contribution in [2.24, 2.45) is 5.73 Å². The van der Waals surface area contributed by atoms with E-state index in [4.69, 9.17) is 10.5 Å². The van der Waals surface area contributed by atoms with E-state index in [1.165, 1.54) is 11.1 Å². The Bertz CT molecular complexity index is 325. The van der Waals surface area contributed by atoms with Crippen LogP contribution in [0.5, 0.6) is 0 Å². The molecule has 0 fully saturated rings. The van der Waals surface area contributed by atoms with Crippen LogP contribution < -0.4 is 5.73 Å². The predicted octanol–water partition coefficient (Wildman–Crippen LogP) is 2.42. The number of fused-ring (bicyclic) bond motifs is 1. The van der Waals surface area contributed by atoms with Crippen molar-refractivity contribution < 1.29 is 4.74 Å². The van der Waals surface area contributed by atoms with E-state index < -0.39 is 0 Å². The van der Waals surface area contributed by atoms with Gasteiger partial charge in [-0.15, -0.1) is 12.4 Å². The third kappa shape index (κ3) is 1.78. The monoisotopic (exact) mass is 213 g/mol. The second-order valence-electron chi connectivity index (χ2n) is 4.07. The molecular formula is C11H16ClNO. The molecule has 2 nitrogen and oxygen atoms in total. The lowest BCUT2D eigenvalue weighted by Gasteiger charge is -2.37. The Labute approximate surface area is 90.9 Å². The van der Waals surface area contributed by atoms with Gasteiger partial charge in [0.1, 0.15) is 0 Å². The average molecular weight is 214 g/mol. The van der Waals surface area contributed by atoms with Crippen molar-refractivity contribution in [1.29, 1.82) is 0 Å². The molecule has 2 rings (SSSR count). The number of hydrogen-bond donors (Lipinski definition) is 1. The van der Waals surface area contributed by atoms with Crippen LogP contribution >= 0.6 is 12.4 Å². The summed E-state index contributed by atoms with van der Waals surface area (Å²) in [6.07, 6.45) is 0. The molecule has 0 spiro atoms. The Hall–Kier alpha value is -0.570. The van der Waals surface area contributed by atoms with Crippen LogP contribution in [0.1, 0.15) is 31.0 Å². The Morgan fingerprint density at radius 1 is 1.36 bits per heavy atom. The molecule has 0 amide bonds. The highest BCUT2D eigenvalue weighted by Crippen LogP contribution is 2.34. The number of rotatable bonds is 0. The molecule has 14 heavy (non-hydrogen) atoms. The molecule has 1 unspecified atom stereocenters. The predicted molar refractivity (Wildman–Crippen MR) is 59.5 cm³/mol. The minimum Gasteiger partial charge on any atom is -0.369 e. The highest BCUT2D eigenvalue weighted by Gasteiger charge is 2.33. The number of benzene rings is 1. The third-order valence-electron chi connectivity index (χ3n) is 2.74. The van der Waals surface area contributed by atoms with Gasteiger partial charge in [-0.2, -0.15) is 0 Å². The first-order valence-electron chi connectivity index (χ1n) is 4.58. The zero-order valence-electron chi connectivity index (χ0n) is 8.49. The molecule has 0 bridgehead atoms. The zero-order chi connectivity index (χ0) is 9.47. The molecule has 0 radical (unpaired) electrons. The normalized spacial score (nSPS) is 23.5. The van der Waals surface area contributed by atoms with E-state index in [-0.39, 0.29) is 24.0 Å². The van der Waals surface area contributed by atoms with Gasteiger partial charge in [0, 0.05) is 0 Å². The molecule has 0 aliphatic carbocycles. The van der Waals surface area contributed by atoms with E-state index in [2.05, 4.69) is 12.1 Å². The maximum absolute atomic E-state index is 6.10. The zero-order valence-corrected chi connectivity index (χ0v) is 9.30. The SMILES string of the molecule is CC1(C)OCc2ccccc2C1N.Cl. The third-order valence-corrected chi connectivity index (χ3v) is 2.74. The highest BCUT2D eigenvalue weighted by atomic mass is 35.5. The van der Waals surface area contributed by atoms with Gasteiger partial charge in [0.15, 0.2) is 0 Å². The summed E-state index contributed by atoms with van der Waals surface area (Å²) in [7, 11) is 0. The van der Waals surface area contributed by atoms with Crippen molar-refractivity contribution in [3.05, 3.63) is 35.4 Å². The minimum atomic E-state index is -0.242. The average Bonchev–Trinajstić information content (AvgIpc) is 2.13. The van der Waals surface area contributed by atoms with Gasteiger partial charge in [-0.25, -0.2) is 0 Å². The summed E-state index contributed by atoms with van der Waals surface area (Å²) in [6, 6.07) is 8.19. The lowest BCUT2D eigenvalue weighted by atomic mass is 9.87. The summed E-state index contributed by atoms with van der Waals surface area (Å²) in [5, 5.41) is 0. The molecule has 1 atom stereocenters. The fraction of sp³-hybridized carbons (Fsp3) is 0.455. The van der Waals surface area contributed by atoms with Crippen molar-refractivity contribution in [3.63, 3.8) is 0 Å². The molecule has 78 valence electrons. The summed E-state index contributed by atoms with van der Waals surface area (Å²) in [4.78, 5) is 0. The van der Waals surface area contributed by atoms with E-state index in [1.54, 1.807) is 0 Å². The molecule has 1 aliphatic rings. The Morgan fingerprint density at radius 2 is 2.00 bits per heavy atom. The highest BCUT2D eigenvalue weighted by molar-refractivity contribution is 5.85. The topological polar surface area (TPSA) is 35.2 Å². The molecule has 0 saturated carbocycles. The van der Waals surface area contributed by atoms with Crippen molar-refractivity contribution >= 4 is 12.4 Å². The fourth-order valence-electron chi connectivity index (χ4n) is 1.70. The summed E-state index contributed by atoms with van der Waals surface area (Å²) >= 11 is 0. The van der Waals surface area contributed by atoms with Crippen LogP contribution in [0.3, 0.4) is 0 Å². The van der Waals surface area contributed by atoms with E-state index >= 15 is 0 Å². The quantitative estimate of drug-likeness (QED) is 0.719. The molecule has 2 N–H and O–H groups in total. The standard InChI is InChI=1S/C11H15NO.ClH/c1-11(2)10(12)9-6-4-3-5-8(9)7-13-11;/h3-6,10H,7,12H2,1-2H3;1H. The second kappa shape index (κ2) is 3.89. The second-order valence-corrected chi connectivity index (χ2v) is 4.07. The Balaban J connectivity index is 0.000000980. The van der Waals surface area contributed by atoms with Gasteiger partial charge in [-0.3, -0.25) is 0 Å². The van der Waals surface area contributed by atoms with Gasteiger partial charge in [0.25, 0.3) is 0 Å². The van der Waals surface area contributed by atoms with Crippen LogP contribution in [-0.4, -0.2) is 5.60 Å². The smallest absolute Gasteiger partial charge is 0.0822 e. The van der Waals surface area contributed by atoms with Crippen LogP contribution in [0.4, 0.5) is 0 Å².